The monoisotopic (exact) mass is 732 g/mol. The van der Waals surface area contributed by atoms with Gasteiger partial charge in [-0.1, -0.05) is 133 Å². The number of amides is 2. The number of allylic oxidation sites excluding steroid dienone is 1. The van der Waals surface area contributed by atoms with Gasteiger partial charge in [0.2, 0.25) is 6.41 Å². The van der Waals surface area contributed by atoms with Crippen molar-refractivity contribution in [3.8, 4) is 16.9 Å². The number of carbonyl (C=O) groups excluding carboxylic acids is 2. The molecule has 296 valence electrons. The van der Waals surface area contributed by atoms with Crippen LogP contribution in [-0.4, -0.2) is 31.0 Å². The zero-order valence-corrected chi connectivity index (χ0v) is 35.9. The molecule has 8 nitrogen and oxygen atoms in total. The number of methoxy groups -OCH3 is 1. The van der Waals surface area contributed by atoms with E-state index in [9.17, 15) is 9.59 Å². The Morgan fingerprint density at radius 2 is 1.47 bits per heavy atom. The number of benzene rings is 2. The summed E-state index contributed by atoms with van der Waals surface area (Å²) in [6.45, 7) is 30.4. The highest BCUT2D eigenvalue weighted by molar-refractivity contribution is 5.94. The molecule has 0 aliphatic carbocycles. The van der Waals surface area contributed by atoms with E-state index in [4.69, 9.17) is 10.6 Å². The van der Waals surface area contributed by atoms with E-state index in [0.717, 1.165) is 46.7 Å². The fourth-order valence-electron chi connectivity index (χ4n) is 4.92. The summed E-state index contributed by atoms with van der Waals surface area (Å²) in [6.07, 6.45) is 11.6. The first-order chi connectivity index (χ1) is 24.9. The van der Waals surface area contributed by atoms with Gasteiger partial charge in [0.25, 0.3) is 5.91 Å². The molecule has 0 atom stereocenters. The van der Waals surface area contributed by atoms with Gasteiger partial charge in [0, 0.05) is 29.6 Å². The van der Waals surface area contributed by atoms with E-state index in [-0.39, 0.29) is 16.7 Å². The molecule has 0 radical (unpaired) electrons. The second-order valence-corrected chi connectivity index (χ2v) is 15.5. The zero-order valence-electron chi connectivity index (χ0n) is 35.9. The Labute approximate surface area is 323 Å². The molecule has 1 aromatic heterocycles. The van der Waals surface area contributed by atoms with Crippen molar-refractivity contribution in [1.29, 1.82) is 0 Å². The van der Waals surface area contributed by atoms with E-state index in [1.54, 1.807) is 30.4 Å². The molecule has 0 aliphatic heterocycles. The van der Waals surface area contributed by atoms with E-state index in [1.807, 2.05) is 31.3 Å². The molecule has 3 rings (SSSR count). The fraction of sp³-hybridized carbons (Fsp3) is 0.533. The Bertz CT molecular complexity index is 1530. The molecule has 3 aromatic rings. The minimum Gasteiger partial charge on any atom is -0.494 e. The van der Waals surface area contributed by atoms with E-state index in [1.165, 1.54) is 36.8 Å². The maximum absolute atomic E-state index is 12.2. The van der Waals surface area contributed by atoms with Gasteiger partial charge in [0.05, 0.1) is 24.7 Å². The van der Waals surface area contributed by atoms with Gasteiger partial charge >= 0.3 is 0 Å². The number of nitrogens with two attached hydrogens (primary N) is 1. The lowest BCUT2D eigenvalue weighted by Gasteiger charge is -2.26. The lowest BCUT2D eigenvalue weighted by Crippen LogP contribution is -2.32. The lowest BCUT2D eigenvalue weighted by atomic mass is 9.85. The number of rotatable bonds is 12. The number of hydrazine groups is 1. The standard InChI is InChI=1S/C19H23N3O2.C18H30N2O.C5H12.C3H8/c1-13-17(9-16(10-20-13)22-12-23)14-5-7-15(8-6-14)18(24)21-11-19(2,3)4;1-8-14(9-2)12-20(19)16-11-15(18(4,5)6)10-13(3)17(16)21-7;1-3-5-4-2;1-3-2/h5-10,12H,11H2,1-4H3,(H,21,24)(H,22,23);10-12H,8-9,19H2,1-7H3;3-5H2,1-2H3;3H2,1-2H3. The summed E-state index contributed by atoms with van der Waals surface area (Å²) in [5.41, 5.74) is 8.71. The third-order valence-corrected chi connectivity index (χ3v) is 8.09. The van der Waals surface area contributed by atoms with Crippen LogP contribution in [0.15, 0.2) is 60.4 Å². The maximum Gasteiger partial charge on any atom is 0.251 e. The number of ether oxygens (including phenoxy) is 1. The highest BCUT2D eigenvalue weighted by Gasteiger charge is 2.20. The van der Waals surface area contributed by atoms with Crippen LogP contribution in [-0.2, 0) is 10.2 Å². The van der Waals surface area contributed by atoms with Gasteiger partial charge in [-0.05, 0) is 78.5 Å². The second-order valence-electron chi connectivity index (χ2n) is 15.5. The van der Waals surface area contributed by atoms with Crippen molar-refractivity contribution in [2.45, 2.75) is 141 Å². The first kappa shape index (κ1) is 48.8. The smallest absolute Gasteiger partial charge is 0.251 e. The van der Waals surface area contributed by atoms with E-state index >= 15 is 0 Å². The van der Waals surface area contributed by atoms with Crippen LogP contribution in [0, 0.1) is 19.3 Å². The summed E-state index contributed by atoms with van der Waals surface area (Å²) in [7, 11) is 1.70. The summed E-state index contributed by atoms with van der Waals surface area (Å²) >= 11 is 0. The predicted octanol–water partition coefficient (Wildman–Crippen LogP) is 11.7. The second kappa shape index (κ2) is 25.0. The van der Waals surface area contributed by atoms with Crippen LogP contribution in [0.1, 0.15) is 149 Å². The Kier molecular flexibility index (Phi) is 23.0. The molecular weight excluding hydrogens is 659 g/mol. The van der Waals surface area contributed by atoms with E-state index in [0.29, 0.717) is 24.2 Å². The number of pyridine rings is 1. The van der Waals surface area contributed by atoms with Crippen molar-refractivity contribution >= 4 is 23.7 Å². The molecule has 8 heteroatoms. The summed E-state index contributed by atoms with van der Waals surface area (Å²) in [6, 6.07) is 13.6. The lowest BCUT2D eigenvalue weighted by molar-refractivity contribution is -0.105. The van der Waals surface area contributed by atoms with Crippen molar-refractivity contribution in [1.82, 2.24) is 10.3 Å². The number of hydrogen-bond donors (Lipinski definition) is 3. The largest absolute Gasteiger partial charge is 0.494 e. The van der Waals surface area contributed by atoms with Crippen molar-refractivity contribution in [2.24, 2.45) is 11.3 Å². The summed E-state index contributed by atoms with van der Waals surface area (Å²) in [4.78, 5) is 27.0. The molecule has 0 fully saturated rings. The number of hydrogen-bond acceptors (Lipinski definition) is 6. The number of unbranched alkanes of at least 4 members (excludes halogenated alkanes) is 2. The molecule has 4 N–H and O–H groups in total. The topological polar surface area (TPSA) is 110 Å². The van der Waals surface area contributed by atoms with Gasteiger partial charge in [0.15, 0.2) is 0 Å². The molecule has 0 unspecified atom stereocenters. The number of anilines is 2. The van der Waals surface area contributed by atoms with Crippen LogP contribution >= 0.6 is 0 Å². The number of carbonyl (C=O) groups is 2. The normalized spacial score (nSPS) is 10.6. The molecule has 2 amide bonds. The van der Waals surface area contributed by atoms with E-state index in [2.05, 4.69) is 118 Å². The van der Waals surface area contributed by atoms with Crippen LogP contribution in [0.5, 0.6) is 5.75 Å². The molecule has 53 heavy (non-hydrogen) atoms. The Balaban J connectivity index is 0.000000854. The molecule has 0 bridgehead atoms. The fourth-order valence-corrected chi connectivity index (χ4v) is 4.92. The maximum atomic E-state index is 12.2. The molecule has 1 heterocycles. The van der Waals surface area contributed by atoms with Gasteiger partial charge in [-0.3, -0.25) is 19.6 Å². The average molecular weight is 732 g/mol. The quantitative estimate of drug-likeness (QED) is 0.0972. The van der Waals surface area contributed by atoms with Crippen molar-refractivity contribution in [2.75, 3.05) is 24.0 Å². The molecule has 0 saturated carbocycles. The highest BCUT2D eigenvalue weighted by atomic mass is 16.5. The Hall–Kier alpha value is -4.17. The first-order valence-corrected chi connectivity index (χ1v) is 19.4. The van der Waals surface area contributed by atoms with Gasteiger partial charge < -0.3 is 15.4 Å². The van der Waals surface area contributed by atoms with Gasteiger partial charge in [0.1, 0.15) is 5.75 Å². The van der Waals surface area contributed by atoms with Crippen molar-refractivity contribution < 1.29 is 14.3 Å². The highest BCUT2D eigenvalue weighted by Crippen LogP contribution is 2.36. The summed E-state index contributed by atoms with van der Waals surface area (Å²) in [5.74, 6) is 7.04. The van der Waals surface area contributed by atoms with Gasteiger partial charge in [-0.25, -0.2) is 5.84 Å². The van der Waals surface area contributed by atoms with Crippen LogP contribution in [0.3, 0.4) is 0 Å². The molecular formula is C45H73N5O3. The number of aryl methyl sites for hydroxylation is 2. The summed E-state index contributed by atoms with van der Waals surface area (Å²) in [5, 5.41) is 7.23. The average Bonchev–Trinajstić information content (AvgIpc) is 3.10. The van der Waals surface area contributed by atoms with Gasteiger partial charge in [-0.15, -0.1) is 0 Å². The van der Waals surface area contributed by atoms with Crippen LogP contribution < -0.4 is 26.2 Å². The predicted molar refractivity (Wildman–Crippen MR) is 229 cm³/mol. The van der Waals surface area contributed by atoms with Crippen LogP contribution in [0.25, 0.3) is 11.1 Å². The van der Waals surface area contributed by atoms with Crippen molar-refractivity contribution in [3.05, 3.63) is 82.8 Å². The first-order valence-electron chi connectivity index (χ1n) is 19.4. The molecule has 0 aliphatic rings. The molecule has 0 spiro atoms. The Morgan fingerprint density at radius 1 is 0.906 bits per heavy atom. The third-order valence-electron chi connectivity index (χ3n) is 8.09. The van der Waals surface area contributed by atoms with Crippen LogP contribution in [0.2, 0.25) is 0 Å². The molecule has 0 saturated heterocycles. The minimum absolute atomic E-state index is 0.0460. The third kappa shape index (κ3) is 18.4. The minimum atomic E-state index is -0.0808. The Morgan fingerprint density at radius 3 is 1.91 bits per heavy atom. The number of aromatic nitrogens is 1. The number of nitrogens with one attached hydrogen (secondary N) is 2. The van der Waals surface area contributed by atoms with Gasteiger partial charge in [-0.2, -0.15) is 0 Å². The zero-order chi connectivity index (χ0) is 40.8. The van der Waals surface area contributed by atoms with E-state index < -0.39 is 0 Å². The number of nitrogens with zero attached hydrogens (tertiary/aromatic N) is 2. The molecule has 2 aromatic carbocycles. The SMILES string of the molecule is CCC.CCC(=CN(N)c1cc(C(C)(C)C)cc(C)c1OC)CC.CCCCC.Cc1ncc(NC=O)cc1-c1ccc(C(=O)NCC(C)(C)C)cc1. The van der Waals surface area contributed by atoms with Crippen molar-refractivity contribution in [3.63, 3.8) is 0 Å². The van der Waals surface area contributed by atoms with Crippen LogP contribution in [0.4, 0.5) is 11.4 Å². The summed E-state index contributed by atoms with van der Waals surface area (Å²) < 4.78 is 5.56.